The maximum atomic E-state index is 11.8. The topological polar surface area (TPSA) is 74.7 Å². The number of rotatable bonds is 2. The number of aryl methyl sites for hydroxylation is 2. The smallest absolute Gasteiger partial charge is 0.325 e. The van der Waals surface area contributed by atoms with Crippen molar-refractivity contribution in [2.75, 3.05) is 10.6 Å². The van der Waals surface area contributed by atoms with Gasteiger partial charge in [0, 0.05) is 13.8 Å². The zero-order chi connectivity index (χ0) is 13.3. The van der Waals surface area contributed by atoms with Gasteiger partial charge in [0.25, 0.3) is 0 Å². The molecule has 0 bridgehead atoms. The molecular weight excluding hydrogens is 526 g/mol. The maximum absolute atomic E-state index is 11.8. The summed E-state index contributed by atoms with van der Waals surface area (Å²) < 4.78 is 11.6. The zero-order valence-corrected chi connectivity index (χ0v) is 17.2. The first-order valence-electron chi connectivity index (χ1n) is 5.22. The van der Waals surface area contributed by atoms with E-state index >= 15 is 0 Å². The van der Waals surface area contributed by atoms with Crippen molar-refractivity contribution < 1.29 is 62.1 Å². The molecule has 20 heavy (non-hydrogen) atoms. The van der Waals surface area contributed by atoms with Crippen LogP contribution in [0.5, 0.6) is 0 Å². The van der Waals surface area contributed by atoms with Crippen LogP contribution in [-0.2, 0) is 14.1 Å². The Labute approximate surface area is 159 Å². The Morgan fingerprint density at radius 2 is 1.30 bits per heavy atom. The summed E-state index contributed by atoms with van der Waals surface area (Å²) in [6.07, 6.45) is 0. The highest BCUT2D eigenvalue weighted by atomic mass is 127. The van der Waals surface area contributed by atoms with Crippen molar-refractivity contribution in [3.63, 3.8) is 0 Å². The fraction of sp³-hybridized carbons (Fsp3) is 0.444. The third kappa shape index (κ3) is 4.42. The lowest BCUT2D eigenvalue weighted by Gasteiger charge is -2.00. The predicted octanol–water partition coefficient (Wildman–Crippen LogP) is -5.48. The van der Waals surface area contributed by atoms with E-state index in [1.807, 2.05) is 27.9 Å². The van der Waals surface area contributed by atoms with Gasteiger partial charge in [0.1, 0.15) is 0 Å². The molecule has 2 heterocycles. The monoisotopic (exact) mass is 540 g/mol. The minimum Gasteiger partial charge on any atom is -1.00 e. The van der Waals surface area contributed by atoms with Crippen molar-refractivity contribution in [2.24, 2.45) is 14.1 Å². The summed E-state index contributed by atoms with van der Waals surface area (Å²) >= 11 is 2.50. The van der Waals surface area contributed by atoms with E-state index in [4.69, 9.17) is 0 Å². The molecule has 0 spiro atoms. The molecule has 7 nitrogen and oxygen atoms in total. The minimum absolute atomic E-state index is 0. The van der Waals surface area contributed by atoms with Gasteiger partial charge in [-0.1, -0.05) is 9.36 Å². The molecule has 2 rings (SSSR count). The minimum atomic E-state index is -0.283. The SMILES string of the molecule is Cc1c(NC(=O)Nc2sn[n+](C)c2C)sn[n+]1C.[I-].[I-]. The number of amides is 2. The fourth-order valence-electron chi connectivity index (χ4n) is 1.22. The van der Waals surface area contributed by atoms with E-state index in [9.17, 15) is 4.79 Å². The molecule has 0 aliphatic carbocycles. The largest absolute Gasteiger partial charge is 1.00 e. The van der Waals surface area contributed by atoms with Gasteiger partial charge in [-0.25, -0.2) is 4.79 Å². The number of hydrogen-bond acceptors (Lipinski definition) is 5. The summed E-state index contributed by atoms with van der Waals surface area (Å²) in [5.74, 6) is 0. The van der Waals surface area contributed by atoms with E-state index in [-0.39, 0.29) is 54.0 Å². The molecule has 0 atom stereocenters. The molecule has 11 heteroatoms. The molecule has 2 aromatic heterocycles. The van der Waals surface area contributed by atoms with Crippen LogP contribution in [0.1, 0.15) is 11.4 Å². The molecular formula is C9H14I2N6OS2. The Morgan fingerprint density at radius 3 is 1.55 bits per heavy atom. The molecule has 2 N–H and O–H groups in total. The molecule has 0 unspecified atom stereocenters. The highest BCUT2D eigenvalue weighted by molar-refractivity contribution is 7.10. The van der Waals surface area contributed by atoms with E-state index in [2.05, 4.69) is 19.6 Å². The lowest BCUT2D eigenvalue weighted by atomic mass is 10.5. The van der Waals surface area contributed by atoms with E-state index in [1.54, 1.807) is 9.36 Å². The van der Waals surface area contributed by atoms with Crippen molar-refractivity contribution in [2.45, 2.75) is 13.8 Å². The van der Waals surface area contributed by atoms with Crippen LogP contribution >= 0.6 is 23.1 Å². The van der Waals surface area contributed by atoms with Crippen molar-refractivity contribution in [3.8, 4) is 0 Å². The van der Waals surface area contributed by atoms with E-state index in [0.29, 0.717) is 0 Å². The van der Waals surface area contributed by atoms with Crippen LogP contribution in [0.25, 0.3) is 0 Å². The number of carbonyl (C=O) groups is 1. The van der Waals surface area contributed by atoms with Gasteiger partial charge < -0.3 is 48.0 Å². The van der Waals surface area contributed by atoms with Crippen LogP contribution < -0.4 is 68.0 Å². The van der Waals surface area contributed by atoms with Crippen LogP contribution in [0, 0.1) is 13.8 Å². The summed E-state index contributed by atoms with van der Waals surface area (Å²) in [6.45, 7) is 3.80. The molecule has 0 saturated carbocycles. The average molecular weight is 540 g/mol. The van der Waals surface area contributed by atoms with Crippen LogP contribution in [0.2, 0.25) is 0 Å². The summed E-state index contributed by atoms with van der Waals surface area (Å²) in [5.41, 5.74) is 1.84. The van der Waals surface area contributed by atoms with Gasteiger partial charge >= 0.3 is 6.03 Å². The number of halogens is 2. The van der Waals surface area contributed by atoms with E-state index in [1.165, 1.54) is 23.1 Å². The van der Waals surface area contributed by atoms with Gasteiger partial charge in [0.05, 0.1) is 32.0 Å². The Bertz CT molecular complexity index is 549. The molecule has 112 valence electrons. The Hall–Kier alpha value is -0.150. The quantitative estimate of drug-likeness (QED) is 0.295. The molecule has 0 fully saturated rings. The third-order valence-electron chi connectivity index (χ3n) is 2.59. The molecule has 2 amide bonds. The van der Waals surface area contributed by atoms with Gasteiger partial charge in [0.2, 0.25) is 11.4 Å². The Kier molecular flexibility index (Phi) is 8.27. The highest BCUT2D eigenvalue weighted by Crippen LogP contribution is 2.17. The molecule has 0 aromatic carbocycles. The van der Waals surface area contributed by atoms with Crippen molar-refractivity contribution in [1.29, 1.82) is 0 Å². The summed E-state index contributed by atoms with van der Waals surface area (Å²) in [4.78, 5) is 11.8. The number of carbonyl (C=O) groups excluding carboxylic acids is 1. The van der Waals surface area contributed by atoms with Gasteiger partial charge in [-0.05, 0) is 0 Å². The van der Waals surface area contributed by atoms with Crippen LogP contribution in [0.4, 0.5) is 14.8 Å². The van der Waals surface area contributed by atoms with Crippen molar-refractivity contribution >= 4 is 39.1 Å². The standard InChI is InChI=1S/C9H13N6OS2.2HI/c1-5-7(17-12-14(5)3)10-9(16)11-8-6(2)15(4)13-18-8;;/h1-4H3,(H-,10,11,12,13,16);2*1H/q+1;;/p-1. The van der Waals surface area contributed by atoms with Crippen molar-refractivity contribution in [1.82, 2.24) is 8.98 Å². The highest BCUT2D eigenvalue weighted by Gasteiger charge is 2.19. The number of urea groups is 1. The Morgan fingerprint density at radius 1 is 0.950 bits per heavy atom. The van der Waals surface area contributed by atoms with E-state index in [0.717, 1.165) is 21.4 Å². The van der Waals surface area contributed by atoms with Crippen LogP contribution in [-0.4, -0.2) is 15.0 Å². The lowest BCUT2D eigenvalue weighted by molar-refractivity contribution is -0.728. The van der Waals surface area contributed by atoms with Gasteiger partial charge in [0.15, 0.2) is 24.1 Å². The molecule has 0 radical (unpaired) electrons. The fourth-order valence-corrected chi connectivity index (χ4v) is 2.67. The van der Waals surface area contributed by atoms with Crippen LogP contribution in [0.15, 0.2) is 0 Å². The summed E-state index contributed by atoms with van der Waals surface area (Å²) in [6, 6.07) is -0.283. The molecule has 0 aliphatic heterocycles. The predicted molar refractivity (Wildman–Crippen MR) is 68.7 cm³/mol. The normalized spacial score (nSPS) is 9.40. The first-order chi connectivity index (χ1) is 8.49. The second-order valence-electron chi connectivity index (χ2n) is 3.80. The molecule has 0 aliphatic rings. The third-order valence-corrected chi connectivity index (χ3v) is 4.40. The first-order valence-corrected chi connectivity index (χ1v) is 6.77. The molecule has 2 aromatic rings. The number of nitrogens with one attached hydrogen (secondary N) is 2. The summed E-state index contributed by atoms with van der Waals surface area (Å²) in [5, 5.41) is 7.02. The van der Waals surface area contributed by atoms with Gasteiger partial charge in [-0.2, -0.15) is 0 Å². The Balaban J connectivity index is 0.00000180. The van der Waals surface area contributed by atoms with Gasteiger partial charge in [-0.3, -0.25) is 10.6 Å². The number of nitrogens with zero attached hydrogens (tertiary/aromatic N) is 4. The first kappa shape index (κ1) is 19.9. The van der Waals surface area contributed by atoms with E-state index < -0.39 is 0 Å². The summed E-state index contributed by atoms with van der Waals surface area (Å²) in [7, 11) is 3.67. The second kappa shape index (κ2) is 8.33. The van der Waals surface area contributed by atoms with Crippen molar-refractivity contribution in [3.05, 3.63) is 11.4 Å². The lowest BCUT2D eigenvalue weighted by Crippen LogP contribution is -3.00. The maximum Gasteiger partial charge on any atom is 0.325 e. The van der Waals surface area contributed by atoms with Gasteiger partial charge in [-0.15, -0.1) is 0 Å². The molecule has 0 saturated heterocycles. The second-order valence-corrected chi connectivity index (χ2v) is 5.31. The average Bonchev–Trinajstić information content (AvgIpc) is 2.80. The van der Waals surface area contributed by atoms with Crippen LogP contribution in [0.3, 0.4) is 0 Å². The number of anilines is 2. The number of hydrogen-bond donors (Lipinski definition) is 2. The zero-order valence-electron chi connectivity index (χ0n) is 11.3. The number of aromatic nitrogens is 4.